The number of benzene rings is 1. The first-order valence-electron chi connectivity index (χ1n) is 7.22. The van der Waals surface area contributed by atoms with E-state index in [1.165, 1.54) is 0 Å². The first-order valence-corrected chi connectivity index (χ1v) is 9.49. The number of halogens is 1. The van der Waals surface area contributed by atoms with E-state index in [1.54, 1.807) is 42.7 Å². The third-order valence-electron chi connectivity index (χ3n) is 3.23. The number of amides is 1. The molecule has 0 fully saturated rings. The van der Waals surface area contributed by atoms with Crippen molar-refractivity contribution < 1.29 is 13.2 Å². The Labute approximate surface area is 146 Å². The van der Waals surface area contributed by atoms with E-state index in [2.05, 4.69) is 15.0 Å². The van der Waals surface area contributed by atoms with Crippen molar-refractivity contribution in [2.75, 3.05) is 6.26 Å². The summed E-state index contributed by atoms with van der Waals surface area (Å²) in [5.41, 5.74) is 1.53. The van der Waals surface area contributed by atoms with Crippen LogP contribution < -0.4 is 10.0 Å². The van der Waals surface area contributed by atoms with Crippen molar-refractivity contribution in [2.24, 2.45) is 0 Å². The molecule has 0 aliphatic carbocycles. The lowest BCUT2D eigenvalue weighted by molar-refractivity contribution is -0.121. The minimum absolute atomic E-state index is 0.0189. The molecule has 1 aromatic heterocycles. The Morgan fingerprint density at radius 3 is 2.54 bits per heavy atom. The minimum atomic E-state index is -3.47. The van der Waals surface area contributed by atoms with Crippen molar-refractivity contribution in [2.45, 2.75) is 19.0 Å². The molecule has 0 radical (unpaired) electrons. The van der Waals surface area contributed by atoms with Crippen LogP contribution in [0.1, 0.15) is 23.6 Å². The molecule has 1 atom stereocenters. The summed E-state index contributed by atoms with van der Waals surface area (Å²) < 4.78 is 25.6. The molecule has 0 aliphatic heterocycles. The SMILES string of the molecule is CS(=O)(=O)N[C@@H](CC(=O)NCc1cccnc1)c1ccc(Cl)cc1. The Bertz CT molecular complexity index is 780. The van der Waals surface area contributed by atoms with Crippen molar-refractivity contribution in [1.29, 1.82) is 0 Å². The Balaban J connectivity index is 2.04. The molecule has 0 unspecified atom stereocenters. The van der Waals surface area contributed by atoms with E-state index in [0.717, 1.165) is 11.8 Å². The molecule has 1 aromatic carbocycles. The monoisotopic (exact) mass is 367 g/mol. The molecule has 1 heterocycles. The van der Waals surface area contributed by atoms with Crippen LogP contribution in [0.15, 0.2) is 48.8 Å². The summed E-state index contributed by atoms with van der Waals surface area (Å²) in [4.78, 5) is 16.1. The molecule has 2 aromatic rings. The van der Waals surface area contributed by atoms with Crippen LogP contribution in [0, 0.1) is 0 Å². The van der Waals surface area contributed by atoms with Gasteiger partial charge < -0.3 is 5.32 Å². The molecule has 0 saturated carbocycles. The van der Waals surface area contributed by atoms with E-state index in [1.807, 2.05) is 6.07 Å². The molecule has 2 N–H and O–H groups in total. The normalized spacial score (nSPS) is 12.6. The summed E-state index contributed by atoms with van der Waals surface area (Å²) in [6.07, 6.45) is 4.35. The highest BCUT2D eigenvalue weighted by atomic mass is 35.5. The second-order valence-electron chi connectivity index (χ2n) is 5.34. The smallest absolute Gasteiger partial charge is 0.222 e. The van der Waals surface area contributed by atoms with E-state index in [-0.39, 0.29) is 12.3 Å². The van der Waals surface area contributed by atoms with Crippen LogP contribution in [-0.2, 0) is 21.4 Å². The molecule has 0 bridgehead atoms. The number of carbonyl (C=O) groups is 1. The Morgan fingerprint density at radius 2 is 1.96 bits per heavy atom. The summed E-state index contributed by atoms with van der Waals surface area (Å²) in [5, 5.41) is 3.30. The molecule has 0 aliphatic rings. The van der Waals surface area contributed by atoms with Crippen LogP contribution in [0.5, 0.6) is 0 Å². The van der Waals surface area contributed by atoms with Crippen LogP contribution in [-0.4, -0.2) is 25.6 Å². The molecule has 6 nitrogen and oxygen atoms in total. The van der Waals surface area contributed by atoms with Gasteiger partial charge in [-0.25, -0.2) is 13.1 Å². The molecule has 128 valence electrons. The topological polar surface area (TPSA) is 88.2 Å². The van der Waals surface area contributed by atoms with Crippen molar-refractivity contribution in [3.63, 3.8) is 0 Å². The fraction of sp³-hybridized carbons (Fsp3) is 0.250. The second-order valence-corrected chi connectivity index (χ2v) is 7.55. The van der Waals surface area contributed by atoms with Gasteiger partial charge in [0, 0.05) is 30.4 Å². The molecule has 0 spiro atoms. The van der Waals surface area contributed by atoms with Gasteiger partial charge in [-0.3, -0.25) is 9.78 Å². The molecule has 24 heavy (non-hydrogen) atoms. The average Bonchev–Trinajstić information content (AvgIpc) is 2.53. The zero-order valence-corrected chi connectivity index (χ0v) is 14.6. The molecular weight excluding hydrogens is 350 g/mol. The zero-order chi connectivity index (χ0) is 17.6. The first-order chi connectivity index (χ1) is 11.3. The van der Waals surface area contributed by atoms with Gasteiger partial charge >= 0.3 is 0 Å². The number of sulfonamides is 1. The van der Waals surface area contributed by atoms with Gasteiger partial charge in [0.15, 0.2) is 0 Å². The first kappa shape index (κ1) is 18.4. The van der Waals surface area contributed by atoms with E-state index < -0.39 is 16.1 Å². The van der Waals surface area contributed by atoms with Crippen LogP contribution >= 0.6 is 11.6 Å². The van der Waals surface area contributed by atoms with Crippen molar-refractivity contribution in [3.8, 4) is 0 Å². The van der Waals surface area contributed by atoms with Crippen LogP contribution in [0.2, 0.25) is 5.02 Å². The standard InChI is InChI=1S/C16H18ClN3O3S/c1-24(22,23)20-15(13-4-6-14(17)7-5-13)9-16(21)19-11-12-3-2-8-18-10-12/h2-8,10,15,20H,9,11H2,1H3,(H,19,21)/t15-/m0/s1. The van der Waals surface area contributed by atoms with Gasteiger partial charge in [-0.2, -0.15) is 0 Å². The van der Waals surface area contributed by atoms with Gasteiger partial charge in [-0.05, 0) is 29.3 Å². The predicted octanol–water partition coefficient (Wildman–Crippen LogP) is 2.03. The summed E-state index contributed by atoms with van der Waals surface area (Å²) in [7, 11) is -3.47. The Kier molecular flexibility index (Phi) is 6.30. The molecule has 8 heteroatoms. The fourth-order valence-corrected chi connectivity index (χ4v) is 3.00. The van der Waals surface area contributed by atoms with E-state index in [0.29, 0.717) is 17.1 Å². The van der Waals surface area contributed by atoms with E-state index >= 15 is 0 Å². The van der Waals surface area contributed by atoms with E-state index in [9.17, 15) is 13.2 Å². The summed E-state index contributed by atoms with van der Waals surface area (Å²) in [6.45, 7) is 0.332. The highest BCUT2D eigenvalue weighted by Gasteiger charge is 2.19. The Morgan fingerprint density at radius 1 is 1.25 bits per heavy atom. The maximum Gasteiger partial charge on any atom is 0.222 e. The molecule has 2 rings (SSSR count). The number of nitrogens with one attached hydrogen (secondary N) is 2. The number of carbonyl (C=O) groups excluding carboxylic acids is 1. The third kappa shape index (κ3) is 6.27. The maximum atomic E-state index is 12.2. The largest absolute Gasteiger partial charge is 0.352 e. The Hall–Kier alpha value is -1.96. The predicted molar refractivity (Wildman–Crippen MR) is 92.9 cm³/mol. The number of nitrogens with zero attached hydrogens (tertiary/aromatic N) is 1. The molecule has 0 saturated heterocycles. The molecule has 1 amide bonds. The van der Waals surface area contributed by atoms with Crippen molar-refractivity contribution >= 4 is 27.5 Å². The lowest BCUT2D eigenvalue weighted by Crippen LogP contribution is -2.33. The van der Waals surface area contributed by atoms with Gasteiger partial charge in [0.2, 0.25) is 15.9 Å². The number of hydrogen-bond acceptors (Lipinski definition) is 4. The zero-order valence-electron chi connectivity index (χ0n) is 13.1. The fourth-order valence-electron chi connectivity index (χ4n) is 2.14. The number of aromatic nitrogens is 1. The van der Waals surface area contributed by atoms with Gasteiger partial charge in [0.05, 0.1) is 12.3 Å². The minimum Gasteiger partial charge on any atom is -0.352 e. The average molecular weight is 368 g/mol. The van der Waals surface area contributed by atoms with Crippen LogP contribution in [0.4, 0.5) is 0 Å². The van der Waals surface area contributed by atoms with Crippen LogP contribution in [0.3, 0.4) is 0 Å². The molecular formula is C16H18ClN3O3S. The van der Waals surface area contributed by atoms with E-state index in [4.69, 9.17) is 11.6 Å². The van der Waals surface area contributed by atoms with Crippen molar-refractivity contribution in [1.82, 2.24) is 15.0 Å². The van der Waals surface area contributed by atoms with Gasteiger partial charge in [-0.1, -0.05) is 29.8 Å². The van der Waals surface area contributed by atoms with Gasteiger partial charge in [0.1, 0.15) is 0 Å². The third-order valence-corrected chi connectivity index (χ3v) is 4.20. The lowest BCUT2D eigenvalue weighted by atomic mass is 10.0. The summed E-state index contributed by atoms with van der Waals surface area (Å²) in [6, 6.07) is 9.66. The number of pyridine rings is 1. The van der Waals surface area contributed by atoms with Gasteiger partial charge in [-0.15, -0.1) is 0 Å². The highest BCUT2D eigenvalue weighted by Crippen LogP contribution is 2.20. The summed E-state index contributed by atoms with van der Waals surface area (Å²) in [5.74, 6) is -0.269. The highest BCUT2D eigenvalue weighted by molar-refractivity contribution is 7.88. The maximum absolute atomic E-state index is 12.2. The van der Waals surface area contributed by atoms with Gasteiger partial charge in [0.25, 0.3) is 0 Å². The number of rotatable bonds is 7. The quantitative estimate of drug-likeness (QED) is 0.783. The number of hydrogen-bond donors (Lipinski definition) is 2. The summed E-state index contributed by atoms with van der Waals surface area (Å²) >= 11 is 5.85. The van der Waals surface area contributed by atoms with Crippen molar-refractivity contribution in [3.05, 3.63) is 64.9 Å². The van der Waals surface area contributed by atoms with Crippen LogP contribution in [0.25, 0.3) is 0 Å². The lowest BCUT2D eigenvalue weighted by Gasteiger charge is -2.18. The second kappa shape index (κ2) is 8.23.